The van der Waals surface area contributed by atoms with Gasteiger partial charge in [0.25, 0.3) is 11.5 Å². The summed E-state index contributed by atoms with van der Waals surface area (Å²) in [5, 5.41) is 2.71. The third-order valence-corrected chi connectivity index (χ3v) is 4.29. The van der Waals surface area contributed by atoms with Gasteiger partial charge < -0.3 is 9.73 Å². The second-order valence-corrected chi connectivity index (χ2v) is 6.75. The van der Waals surface area contributed by atoms with Crippen LogP contribution in [0.2, 0.25) is 0 Å². The van der Waals surface area contributed by atoms with Crippen molar-refractivity contribution < 1.29 is 9.21 Å². The highest BCUT2D eigenvalue weighted by Gasteiger charge is 2.20. The van der Waals surface area contributed by atoms with Crippen LogP contribution in [0.3, 0.4) is 0 Å². The van der Waals surface area contributed by atoms with Gasteiger partial charge in [-0.05, 0) is 37.1 Å². The van der Waals surface area contributed by atoms with Crippen LogP contribution < -0.4 is 10.9 Å². The van der Waals surface area contributed by atoms with E-state index in [1.54, 1.807) is 30.8 Å². The average Bonchev–Trinajstić information content (AvgIpc) is 3.14. The van der Waals surface area contributed by atoms with Gasteiger partial charge in [0.1, 0.15) is 11.4 Å². The van der Waals surface area contributed by atoms with E-state index in [2.05, 4.69) is 19.2 Å². The number of rotatable bonds is 5. The zero-order chi connectivity index (χ0) is 18.8. The summed E-state index contributed by atoms with van der Waals surface area (Å²) in [5.41, 5.74) is 1.38. The zero-order valence-corrected chi connectivity index (χ0v) is 15.4. The molecule has 3 aromatic rings. The molecule has 6 nitrogen and oxygen atoms in total. The Labute approximate surface area is 152 Å². The number of nitrogens with zero attached hydrogens (tertiary/aromatic N) is 2. The van der Waals surface area contributed by atoms with E-state index in [0.29, 0.717) is 11.6 Å². The largest absolute Gasteiger partial charge is 0.456 e. The molecule has 6 heteroatoms. The highest BCUT2D eigenvalue weighted by molar-refractivity contribution is 6.02. The molecule has 136 valence electrons. The van der Waals surface area contributed by atoms with Crippen LogP contribution in [0, 0.1) is 12.8 Å². The Kier molecular flexibility index (Phi) is 4.84. The molecule has 0 radical (unpaired) electrons. The van der Waals surface area contributed by atoms with Gasteiger partial charge in [-0.1, -0.05) is 32.0 Å². The Bertz CT molecular complexity index is 978. The highest BCUT2D eigenvalue weighted by Crippen LogP contribution is 2.17. The van der Waals surface area contributed by atoms with Crippen molar-refractivity contribution in [2.24, 2.45) is 13.0 Å². The van der Waals surface area contributed by atoms with E-state index in [1.807, 2.05) is 30.3 Å². The first-order chi connectivity index (χ1) is 12.4. The van der Waals surface area contributed by atoms with Crippen molar-refractivity contribution in [3.05, 3.63) is 70.0 Å². The number of aromatic nitrogens is 2. The smallest absolute Gasteiger partial charge is 0.295 e. The molecule has 0 spiro atoms. The van der Waals surface area contributed by atoms with E-state index in [-0.39, 0.29) is 17.0 Å². The van der Waals surface area contributed by atoms with Crippen molar-refractivity contribution in [2.75, 3.05) is 5.32 Å². The molecule has 0 aliphatic heterocycles. The van der Waals surface area contributed by atoms with Crippen LogP contribution in [0.15, 0.2) is 51.7 Å². The van der Waals surface area contributed by atoms with E-state index in [9.17, 15) is 9.59 Å². The number of nitrogens with one attached hydrogen (secondary N) is 1. The van der Waals surface area contributed by atoms with Gasteiger partial charge in [0.15, 0.2) is 5.76 Å². The van der Waals surface area contributed by atoms with Crippen molar-refractivity contribution in [3.63, 3.8) is 0 Å². The molecule has 1 N–H and O–H groups in total. The van der Waals surface area contributed by atoms with Crippen LogP contribution in [0.1, 0.15) is 35.9 Å². The van der Waals surface area contributed by atoms with Crippen molar-refractivity contribution in [1.82, 2.24) is 9.36 Å². The number of hydrogen-bond acceptors (Lipinski definition) is 3. The molecule has 0 aliphatic carbocycles. The van der Waals surface area contributed by atoms with Crippen LogP contribution in [0.5, 0.6) is 0 Å². The molecular formula is C20H23N3O3. The first-order valence-corrected chi connectivity index (χ1v) is 8.62. The monoisotopic (exact) mass is 353 g/mol. The van der Waals surface area contributed by atoms with Gasteiger partial charge in [-0.15, -0.1) is 0 Å². The fourth-order valence-corrected chi connectivity index (χ4v) is 2.90. The van der Waals surface area contributed by atoms with Crippen LogP contribution in [-0.4, -0.2) is 15.3 Å². The van der Waals surface area contributed by atoms with E-state index >= 15 is 0 Å². The Morgan fingerprint density at radius 1 is 1.15 bits per heavy atom. The van der Waals surface area contributed by atoms with E-state index < -0.39 is 5.91 Å². The van der Waals surface area contributed by atoms with Gasteiger partial charge in [0.2, 0.25) is 0 Å². The van der Waals surface area contributed by atoms with E-state index in [0.717, 1.165) is 17.9 Å². The SMILES string of the molecule is Cc1c(NC(=O)c2ccc(CC(C)C)o2)c(=O)n(-c2ccccc2)n1C. The number of benzene rings is 1. The number of anilines is 1. The molecule has 1 aromatic carbocycles. The fourth-order valence-electron chi connectivity index (χ4n) is 2.90. The lowest BCUT2D eigenvalue weighted by Gasteiger charge is -2.07. The average molecular weight is 353 g/mol. The van der Waals surface area contributed by atoms with Crippen molar-refractivity contribution in [3.8, 4) is 5.69 Å². The van der Waals surface area contributed by atoms with Crippen LogP contribution >= 0.6 is 0 Å². The quantitative estimate of drug-likeness (QED) is 0.763. The molecule has 2 heterocycles. The van der Waals surface area contributed by atoms with E-state index in [4.69, 9.17) is 4.42 Å². The molecule has 0 saturated heterocycles. The van der Waals surface area contributed by atoms with Gasteiger partial charge in [0, 0.05) is 13.5 Å². The summed E-state index contributed by atoms with van der Waals surface area (Å²) in [6.45, 7) is 5.96. The standard InChI is InChI=1S/C20H23N3O3/c1-13(2)12-16-10-11-17(26-16)19(24)21-18-14(3)22(4)23(20(18)25)15-8-6-5-7-9-15/h5-11,13H,12H2,1-4H3,(H,21,24). The maximum absolute atomic E-state index is 12.8. The maximum atomic E-state index is 12.8. The predicted octanol–water partition coefficient (Wildman–Crippen LogP) is 3.53. The minimum atomic E-state index is -0.425. The molecule has 0 unspecified atom stereocenters. The molecule has 3 rings (SSSR count). The molecule has 0 saturated carbocycles. The van der Waals surface area contributed by atoms with Gasteiger partial charge in [-0.25, -0.2) is 4.68 Å². The molecular weight excluding hydrogens is 330 g/mol. The molecule has 0 aliphatic rings. The summed E-state index contributed by atoms with van der Waals surface area (Å²) in [7, 11) is 1.78. The third-order valence-electron chi connectivity index (χ3n) is 4.29. The summed E-state index contributed by atoms with van der Waals surface area (Å²) in [4.78, 5) is 25.3. The number of carbonyl (C=O) groups excluding carboxylic acids is 1. The van der Waals surface area contributed by atoms with Crippen molar-refractivity contribution >= 4 is 11.6 Å². The number of carbonyl (C=O) groups is 1. The normalized spacial score (nSPS) is 11.1. The molecule has 26 heavy (non-hydrogen) atoms. The molecule has 2 aromatic heterocycles. The zero-order valence-electron chi connectivity index (χ0n) is 15.4. The van der Waals surface area contributed by atoms with Crippen LogP contribution in [-0.2, 0) is 13.5 Å². The number of para-hydroxylation sites is 1. The maximum Gasteiger partial charge on any atom is 0.295 e. The molecule has 0 atom stereocenters. The summed E-state index contributed by atoms with van der Waals surface area (Å²) in [5.74, 6) is 0.976. The molecule has 0 bridgehead atoms. The summed E-state index contributed by atoms with van der Waals surface area (Å²) < 4.78 is 8.85. The summed E-state index contributed by atoms with van der Waals surface area (Å²) in [6.07, 6.45) is 0.762. The lowest BCUT2D eigenvalue weighted by molar-refractivity contribution is 0.0994. The summed E-state index contributed by atoms with van der Waals surface area (Å²) >= 11 is 0. The number of amides is 1. The third kappa shape index (κ3) is 3.35. The predicted molar refractivity (Wildman–Crippen MR) is 101 cm³/mol. The Morgan fingerprint density at radius 2 is 1.85 bits per heavy atom. The van der Waals surface area contributed by atoms with Crippen LogP contribution in [0.25, 0.3) is 5.69 Å². The number of hydrogen-bond donors (Lipinski definition) is 1. The topological polar surface area (TPSA) is 69.2 Å². The number of furan rings is 1. The Hall–Kier alpha value is -3.02. The van der Waals surface area contributed by atoms with E-state index in [1.165, 1.54) is 4.68 Å². The van der Waals surface area contributed by atoms with Gasteiger partial charge in [-0.3, -0.25) is 14.3 Å². The minimum Gasteiger partial charge on any atom is -0.456 e. The highest BCUT2D eigenvalue weighted by atomic mass is 16.3. The summed E-state index contributed by atoms with van der Waals surface area (Å²) in [6, 6.07) is 12.7. The van der Waals surface area contributed by atoms with Gasteiger partial charge >= 0.3 is 0 Å². The Morgan fingerprint density at radius 3 is 2.50 bits per heavy atom. The minimum absolute atomic E-state index is 0.203. The second kappa shape index (κ2) is 7.07. The second-order valence-electron chi connectivity index (χ2n) is 6.75. The van der Waals surface area contributed by atoms with Crippen molar-refractivity contribution in [1.29, 1.82) is 0 Å². The van der Waals surface area contributed by atoms with Gasteiger partial charge in [-0.2, -0.15) is 0 Å². The Balaban J connectivity index is 1.90. The van der Waals surface area contributed by atoms with Crippen LogP contribution in [0.4, 0.5) is 5.69 Å². The molecule has 0 fully saturated rings. The fraction of sp³-hybridized carbons (Fsp3) is 0.300. The first-order valence-electron chi connectivity index (χ1n) is 8.62. The van der Waals surface area contributed by atoms with Gasteiger partial charge in [0.05, 0.1) is 11.4 Å². The molecule has 1 amide bonds. The lowest BCUT2D eigenvalue weighted by Crippen LogP contribution is -2.22. The lowest BCUT2D eigenvalue weighted by atomic mass is 10.1. The van der Waals surface area contributed by atoms with Crippen molar-refractivity contribution in [2.45, 2.75) is 27.2 Å². The first kappa shape index (κ1) is 17.8.